The Balaban J connectivity index is 1.28. The third kappa shape index (κ3) is 3.99. The molecule has 7 heteroatoms. The van der Waals surface area contributed by atoms with Crippen LogP contribution in [-0.2, 0) is 29.0 Å². The molecule has 1 unspecified atom stereocenters. The van der Waals surface area contributed by atoms with Crippen LogP contribution in [0, 0.1) is 0 Å². The number of rotatable bonds is 5. The van der Waals surface area contributed by atoms with Crippen LogP contribution in [0.1, 0.15) is 29.7 Å². The highest BCUT2D eigenvalue weighted by Gasteiger charge is 2.24. The lowest BCUT2D eigenvalue weighted by atomic mass is 9.99. The molecule has 1 saturated heterocycles. The molecule has 0 radical (unpaired) electrons. The zero-order valence-corrected chi connectivity index (χ0v) is 17.0. The van der Waals surface area contributed by atoms with Crippen LogP contribution in [0.15, 0.2) is 48.1 Å². The van der Waals surface area contributed by atoms with Crippen LogP contribution in [0.3, 0.4) is 0 Å². The first kappa shape index (κ1) is 18.5. The van der Waals surface area contributed by atoms with Gasteiger partial charge in [-0.05, 0) is 54.7 Å². The molecule has 0 spiro atoms. The van der Waals surface area contributed by atoms with Gasteiger partial charge in [0.05, 0.1) is 0 Å². The van der Waals surface area contributed by atoms with Gasteiger partial charge in [-0.25, -0.2) is 4.98 Å². The molecule has 3 aromatic rings. The van der Waals surface area contributed by atoms with E-state index in [0.717, 1.165) is 49.7 Å². The number of carbonyl (C=O) groups excluding carboxylic acids is 1. The third-order valence-corrected chi connectivity index (χ3v) is 6.40. The second kappa shape index (κ2) is 8.10. The van der Waals surface area contributed by atoms with Gasteiger partial charge in [-0.1, -0.05) is 6.07 Å². The first-order chi connectivity index (χ1) is 14.3. The lowest BCUT2D eigenvalue weighted by molar-refractivity contribution is -0.124. The van der Waals surface area contributed by atoms with E-state index in [1.54, 1.807) is 11.3 Å². The van der Waals surface area contributed by atoms with Gasteiger partial charge < -0.3 is 10.1 Å². The summed E-state index contributed by atoms with van der Waals surface area (Å²) >= 11 is 1.65. The predicted molar refractivity (Wildman–Crippen MR) is 113 cm³/mol. The van der Waals surface area contributed by atoms with E-state index in [-0.39, 0.29) is 12.0 Å². The van der Waals surface area contributed by atoms with Gasteiger partial charge in [0.1, 0.15) is 6.10 Å². The Morgan fingerprint density at radius 3 is 3.10 bits per heavy atom. The Hall–Kier alpha value is -2.48. The summed E-state index contributed by atoms with van der Waals surface area (Å²) < 4.78 is 7.66. The number of anilines is 1. The van der Waals surface area contributed by atoms with Crippen LogP contribution in [0.2, 0.25) is 0 Å². The van der Waals surface area contributed by atoms with Crippen molar-refractivity contribution in [2.75, 3.05) is 18.5 Å². The van der Waals surface area contributed by atoms with Crippen LogP contribution in [0.5, 0.6) is 0 Å². The number of hydrogen-bond donors (Lipinski definition) is 1. The summed E-state index contributed by atoms with van der Waals surface area (Å²) in [4.78, 5) is 19.2. The van der Waals surface area contributed by atoms with E-state index >= 15 is 0 Å². The Labute approximate surface area is 174 Å². The standard InChI is InChI=1S/C22H24N4O2S/c27-21(20-4-2-11-28-20)24-18-6-5-16-7-10-25(14-17(16)13-18)15-19-3-1-9-26(19)22-23-8-12-29-22/h1,3,5-6,8-9,12-13,20H,2,4,7,10-11,14-15H2,(H,24,27). The zero-order valence-electron chi connectivity index (χ0n) is 16.2. The number of thiazole rings is 1. The van der Waals surface area contributed by atoms with Crippen molar-refractivity contribution in [1.82, 2.24) is 14.5 Å². The lowest BCUT2D eigenvalue weighted by Crippen LogP contribution is -2.31. The lowest BCUT2D eigenvalue weighted by Gasteiger charge is -2.29. The number of aromatic nitrogens is 2. The van der Waals surface area contributed by atoms with Gasteiger partial charge in [0.2, 0.25) is 0 Å². The van der Waals surface area contributed by atoms with E-state index in [4.69, 9.17) is 4.74 Å². The average molecular weight is 409 g/mol. The highest BCUT2D eigenvalue weighted by Crippen LogP contribution is 2.25. The summed E-state index contributed by atoms with van der Waals surface area (Å²) in [5.41, 5.74) is 4.75. The molecule has 2 aliphatic heterocycles. The maximum atomic E-state index is 12.4. The molecule has 1 aromatic carbocycles. The number of hydrogen-bond acceptors (Lipinski definition) is 5. The van der Waals surface area contributed by atoms with Gasteiger partial charge >= 0.3 is 0 Å². The Bertz CT molecular complexity index is 992. The quantitative estimate of drug-likeness (QED) is 0.701. The van der Waals surface area contributed by atoms with E-state index < -0.39 is 0 Å². The fourth-order valence-corrected chi connectivity index (χ4v) is 4.79. The fraction of sp³-hybridized carbons (Fsp3) is 0.364. The highest BCUT2D eigenvalue weighted by molar-refractivity contribution is 7.12. The molecule has 2 aliphatic rings. The molecule has 6 nitrogen and oxygen atoms in total. The maximum absolute atomic E-state index is 12.4. The van der Waals surface area contributed by atoms with Crippen LogP contribution in [0.25, 0.3) is 5.13 Å². The van der Waals surface area contributed by atoms with Crippen molar-refractivity contribution in [3.05, 3.63) is 64.9 Å². The number of nitrogens with one attached hydrogen (secondary N) is 1. The van der Waals surface area contributed by atoms with Crippen LogP contribution < -0.4 is 5.32 Å². The van der Waals surface area contributed by atoms with Gasteiger partial charge in [-0.3, -0.25) is 14.3 Å². The summed E-state index contributed by atoms with van der Waals surface area (Å²) in [6.45, 7) is 3.46. The molecule has 4 heterocycles. The minimum Gasteiger partial charge on any atom is -0.368 e. The second-order valence-electron chi connectivity index (χ2n) is 7.62. The fourth-order valence-electron chi connectivity index (χ4n) is 4.13. The third-order valence-electron chi connectivity index (χ3n) is 5.63. The normalized spacial score (nSPS) is 19.2. The first-order valence-corrected chi connectivity index (χ1v) is 11.0. The van der Waals surface area contributed by atoms with Gasteiger partial charge in [0, 0.05) is 55.4 Å². The van der Waals surface area contributed by atoms with Gasteiger partial charge in [0.15, 0.2) is 5.13 Å². The highest BCUT2D eigenvalue weighted by atomic mass is 32.1. The van der Waals surface area contributed by atoms with Crippen molar-refractivity contribution in [3.8, 4) is 5.13 Å². The maximum Gasteiger partial charge on any atom is 0.253 e. The van der Waals surface area contributed by atoms with Crippen LogP contribution in [-0.4, -0.2) is 39.6 Å². The van der Waals surface area contributed by atoms with Crippen molar-refractivity contribution in [3.63, 3.8) is 0 Å². The van der Waals surface area contributed by atoms with E-state index in [1.165, 1.54) is 16.8 Å². The van der Waals surface area contributed by atoms with Crippen molar-refractivity contribution in [2.24, 2.45) is 0 Å². The molecule has 1 amide bonds. The van der Waals surface area contributed by atoms with Crippen molar-refractivity contribution >= 4 is 22.9 Å². The van der Waals surface area contributed by atoms with E-state index in [0.29, 0.717) is 6.61 Å². The monoisotopic (exact) mass is 408 g/mol. The average Bonchev–Trinajstić information content (AvgIpc) is 3.49. The summed E-state index contributed by atoms with van der Waals surface area (Å²) in [7, 11) is 0. The largest absolute Gasteiger partial charge is 0.368 e. The minimum absolute atomic E-state index is 0.0311. The van der Waals surface area contributed by atoms with Gasteiger partial charge in [-0.2, -0.15) is 0 Å². The summed E-state index contributed by atoms with van der Waals surface area (Å²) in [6.07, 6.45) is 6.40. The molecule has 2 aromatic heterocycles. The molecule has 0 bridgehead atoms. The molecule has 1 N–H and O–H groups in total. The second-order valence-corrected chi connectivity index (χ2v) is 8.49. The number of ether oxygens (including phenoxy) is 1. The SMILES string of the molecule is O=C(Nc1ccc2c(c1)CN(Cc1cccn1-c1nccs1)CC2)C1CCCO1. The molecule has 0 saturated carbocycles. The first-order valence-electron chi connectivity index (χ1n) is 10.1. The molecule has 1 fully saturated rings. The minimum atomic E-state index is -0.304. The molecule has 29 heavy (non-hydrogen) atoms. The molecule has 5 rings (SSSR count). The molecular weight excluding hydrogens is 384 g/mol. The summed E-state index contributed by atoms with van der Waals surface area (Å²) in [5, 5.41) is 6.03. The number of benzene rings is 1. The molecule has 150 valence electrons. The number of amides is 1. The number of fused-ring (bicyclic) bond motifs is 1. The predicted octanol–water partition coefficient (Wildman–Crippen LogP) is 3.61. The van der Waals surface area contributed by atoms with Crippen LogP contribution in [0.4, 0.5) is 5.69 Å². The number of nitrogens with zero attached hydrogens (tertiary/aromatic N) is 3. The topological polar surface area (TPSA) is 59.4 Å². The molecule has 0 aliphatic carbocycles. The van der Waals surface area contributed by atoms with Gasteiger partial charge in [-0.15, -0.1) is 11.3 Å². The Kier molecular flexibility index (Phi) is 5.18. The molecule has 1 atom stereocenters. The number of carbonyl (C=O) groups is 1. The van der Waals surface area contributed by atoms with Crippen molar-refractivity contribution in [2.45, 2.75) is 38.5 Å². The zero-order chi connectivity index (χ0) is 19.6. The van der Waals surface area contributed by atoms with E-state index in [9.17, 15) is 4.79 Å². The summed E-state index contributed by atoms with van der Waals surface area (Å²) in [6, 6.07) is 10.5. The van der Waals surface area contributed by atoms with E-state index in [1.807, 2.05) is 17.6 Å². The van der Waals surface area contributed by atoms with Crippen LogP contribution >= 0.6 is 11.3 Å². The molecular formula is C22H24N4O2S. The van der Waals surface area contributed by atoms with Crippen molar-refractivity contribution < 1.29 is 9.53 Å². The smallest absolute Gasteiger partial charge is 0.253 e. The Morgan fingerprint density at radius 1 is 1.31 bits per heavy atom. The van der Waals surface area contributed by atoms with Crippen molar-refractivity contribution in [1.29, 1.82) is 0 Å². The Morgan fingerprint density at radius 2 is 2.28 bits per heavy atom. The van der Waals surface area contributed by atoms with E-state index in [2.05, 4.69) is 50.2 Å². The van der Waals surface area contributed by atoms with Gasteiger partial charge in [0.25, 0.3) is 5.91 Å². The summed E-state index contributed by atoms with van der Waals surface area (Å²) in [5.74, 6) is -0.0311.